The Hall–Kier alpha value is -0.980. The molecule has 0 aliphatic carbocycles. The maximum Gasteiger partial charge on any atom is 0.243 e. The molecule has 20 heavy (non-hydrogen) atoms. The van der Waals surface area contributed by atoms with Gasteiger partial charge in [0.2, 0.25) is 10.0 Å². The molecule has 1 aromatic carbocycles. The summed E-state index contributed by atoms with van der Waals surface area (Å²) in [6.07, 6.45) is 2.72. The maximum atomic E-state index is 13.4. The highest BCUT2D eigenvalue weighted by Gasteiger charge is 2.34. The molecule has 4 nitrogen and oxygen atoms in total. The van der Waals surface area contributed by atoms with Gasteiger partial charge in [-0.1, -0.05) is 12.5 Å². The predicted molar refractivity (Wildman–Crippen MR) is 76.6 cm³/mol. The maximum absolute atomic E-state index is 13.4. The number of nitrogens with one attached hydrogen (secondary N) is 1. The summed E-state index contributed by atoms with van der Waals surface area (Å²) in [7, 11) is -1.82. The minimum atomic E-state index is -3.63. The third kappa shape index (κ3) is 3.02. The molecule has 1 heterocycles. The first-order valence-electron chi connectivity index (χ1n) is 6.89. The Bertz CT molecular complexity index is 573. The van der Waals surface area contributed by atoms with Crippen LogP contribution in [-0.2, 0) is 10.0 Å². The summed E-state index contributed by atoms with van der Waals surface area (Å²) in [5.41, 5.74) is 0.584. The van der Waals surface area contributed by atoms with E-state index in [2.05, 4.69) is 5.32 Å². The highest BCUT2D eigenvalue weighted by atomic mass is 32.2. The molecule has 0 aromatic heterocycles. The van der Waals surface area contributed by atoms with Crippen LogP contribution in [-0.4, -0.2) is 38.9 Å². The van der Waals surface area contributed by atoms with Crippen LogP contribution in [0.1, 0.15) is 24.8 Å². The number of likely N-dealkylation sites (N-methyl/N-ethyl adjacent to an activating group) is 1. The van der Waals surface area contributed by atoms with Crippen molar-refractivity contribution in [3.8, 4) is 0 Å². The minimum absolute atomic E-state index is 0.0542. The van der Waals surface area contributed by atoms with E-state index in [9.17, 15) is 12.8 Å². The van der Waals surface area contributed by atoms with Crippen LogP contribution < -0.4 is 5.32 Å². The molecule has 0 radical (unpaired) electrons. The fourth-order valence-electron chi connectivity index (χ4n) is 2.71. The topological polar surface area (TPSA) is 49.4 Å². The first-order valence-corrected chi connectivity index (χ1v) is 8.33. The second kappa shape index (κ2) is 6.20. The summed E-state index contributed by atoms with van der Waals surface area (Å²) in [5.74, 6) is -0.517. The highest BCUT2D eigenvalue weighted by Crippen LogP contribution is 2.27. The quantitative estimate of drug-likeness (QED) is 0.924. The summed E-state index contributed by atoms with van der Waals surface area (Å²) in [6.45, 7) is 2.82. The molecule has 112 valence electrons. The van der Waals surface area contributed by atoms with Gasteiger partial charge >= 0.3 is 0 Å². The van der Waals surface area contributed by atoms with Crippen molar-refractivity contribution in [1.29, 1.82) is 0 Å². The fourth-order valence-corrected chi connectivity index (χ4v) is 4.64. The largest absolute Gasteiger partial charge is 0.318 e. The van der Waals surface area contributed by atoms with Crippen LogP contribution in [0.25, 0.3) is 0 Å². The lowest BCUT2D eigenvalue weighted by Crippen LogP contribution is -2.48. The molecule has 0 spiro atoms. The SMILES string of the molecule is CNCC1CCCCN1S(=O)(=O)c1cc(F)ccc1C. The molecule has 0 bridgehead atoms. The molecular formula is C14H21FN2O2S. The Labute approximate surface area is 120 Å². The number of piperidine rings is 1. The number of rotatable bonds is 4. The standard InChI is InChI=1S/C14H21FN2O2S/c1-11-6-7-12(15)9-14(11)20(18,19)17-8-4-3-5-13(17)10-16-2/h6-7,9,13,16H,3-5,8,10H2,1-2H3. The van der Waals surface area contributed by atoms with Gasteiger partial charge in [0, 0.05) is 19.1 Å². The molecule has 1 aliphatic heterocycles. The summed E-state index contributed by atoms with van der Waals surface area (Å²) >= 11 is 0. The van der Waals surface area contributed by atoms with Crippen LogP contribution in [0.3, 0.4) is 0 Å². The van der Waals surface area contributed by atoms with Gasteiger partial charge in [-0.3, -0.25) is 0 Å². The van der Waals surface area contributed by atoms with Gasteiger partial charge < -0.3 is 5.32 Å². The third-order valence-electron chi connectivity index (χ3n) is 3.75. The molecule has 1 aliphatic rings. The minimum Gasteiger partial charge on any atom is -0.318 e. The number of halogens is 1. The number of nitrogens with zero attached hydrogens (tertiary/aromatic N) is 1. The Morgan fingerprint density at radius 1 is 1.40 bits per heavy atom. The second-order valence-corrected chi connectivity index (χ2v) is 7.09. The van der Waals surface area contributed by atoms with E-state index in [1.54, 1.807) is 6.92 Å². The first kappa shape index (κ1) is 15.4. The molecule has 6 heteroatoms. The van der Waals surface area contributed by atoms with Gasteiger partial charge in [-0.15, -0.1) is 0 Å². The molecular weight excluding hydrogens is 279 g/mol. The third-order valence-corrected chi connectivity index (χ3v) is 5.84. The number of aryl methyl sites for hydroxylation is 1. The van der Waals surface area contributed by atoms with Gasteiger partial charge in [0.1, 0.15) is 5.82 Å². The van der Waals surface area contributed by atoms with Gasteiger partial charge in [0.25, 0.3) is 0 Å². The Morgan fingerprint density at radius 2 is 2.15 bits per heavy atom. The lowest BCUT2D eigenvalue weighted by Gasteiger charge is -2.34. The zero-order chi connectivity index (χ0) is 14.8. The Kier molecular flexibility index (Phi) is 4.78. The highest BCUT2D eigenvalue weighted by molar-refractivity contribution is 7.89. The summed E-state index contributed by atoms with van der Waals surface area (Å²) in [4.78, 5) is 0.0838. The lowest BCUT2D eigenvalue weighted by molar-refractivity contribution is 0.249. The summed E-state index contributed by atoms with van der Waals surface area (Å²) in [6, 6.07) is 3.87. The van der Waals surface area contributed by atoms with E-state index in [0.717, 1.165) is 25.3 Å². The van der Waals surface area contributed by atoms with Crippen LogP contribution in [0, 0.1) is 12.7 Å². The Morgan fingerprint density at radius 3 is 2.85 bits per heavy atom. The average Bonchev–Trinajstić information content (AvgIpc) is 2.42. The van der Waals surface area contributed by atoms with E-state index in [0.29, 0.717) is 18.7 Å². The van der Waals surface area contributed by atoms with Crippen molar-refractivity contribution in [2.75, 3.05) is 20.1 Å². The molecule has 1 N–H and O–H groups in total. The predicted octanol–water partition coefficient (Wildman–Crippen LogP) is 1.90. The van der Waals surface area contributed by atoms with Gasteiger partial charge in [0.05, 0.1) is 4.90 Å². The van der Waals surface area contributed by atoms with Crippen molar-refractivity contribution in [3.63, 3.8) is 0 Å². The fraction of sp³-hybridized carbons (Fsp3) is 0.571. The van der Waals surface area contributed by atoms with Crippen LogP contribution >= 0.6 is 0 Å². The van der Waals surface area contributed by atoms with Crippen molar-refractivity contribution >= 4 is 10.0 Å². The van der Waals surface area contributed by atoms with E-state index < -0.39 is 15.8 Å². The molecule has 0 saturated carbocycles. The smallest absolute Gasteiger partial charge is 0.243 e. The first-order chi connectivity index (χ1) is 9.46. The van der Waals surface area contributed by atoms with Crippen molar-refractivity contribution in [2.45, 2.75) is 37.1 Å². The molecule has 1 saturated heterocycles. The van der Waals surface area contributed by atoms with E-state index >= 15 is 0 Å². The normalized spacial score (nSPS) is 21.1. The zero-order valence-electron chi connectivity index (χ0n) is 11.9. The zero-order valence-corrected chi connectivity index (χ0v) is 12.7. The van der Waals surface area contributed by atoms with Gasteiger partial charge in [0.15, 0.2) is 0 Å². The van der Waals surface area contributed by atoms with Crippen LogP contribution in [0.15, 0.2) is 23.1 Å². The molecule has 2 rings (SSSR count). The summed E-state index contributed by atoms with van der Waals surface area (Å²) in [5, 5.41) is 3.04. The van der Waals surface area contributed by atoms with Crippen LogP contribution in [0.5, 0.6) is 0 Å². The summed E-state index contributed by atoms with van der Waals surface area (Å²) < 4.78 is 40.5. The van der Waals surface area contributed by atoms with Crippen molar-refractivity contribution in [1.82, 2.24) is 9.62 Å². The average molecular weight is 300 g/mol. The molecule has 1 aromatic rings. The van der Waals surface area contributed by atoms with Crippen molar-refractivity contribution in [2.24, 2.45) is 0 Å². The van der Waals surface area contributed by atoms with Crippen molar-refractivity contribution < 1.29 is 12.8 Å². The number of hydrogen-bond donors (Lipinski definition) is 1. The lowest BCUT2D eigenvalue weighted by atomic mass is 10.1. The second-order valence-electron chi connectivity index (χ2n) is 5.23. The van der Waals surface area contributed by atoms with Crippen LogP contribution in [0.2, 0.25) is 0 Å². The molecule has 1 fully saturated rings. The van der Waals surface area contributed by atoms with E-state index in [-0.39, 0.29) is 10.9 Å². The van der Waals surface area contributed by atoms with Gasteiger partial charge in [-0.2, -0.15) is 4.31 Å². The number of hydrogen-bond acceptors (Lipinski definition) is 3. The van der Waals surface area contributed by atoms with Gasteiger partial charge in [-0.05, 0) is 44.5 Å². The van der Waals surface area contributed by atoms with E-state index in [1.807, 2.05) is 7.05 Å². The molecule has 0 amide bonds. The monoisotopic (exact) mass is 300 g/mol. The Balaban J connectivity index is 2.39. The van der Waals surface area contributed by atoms with E-state index in [4.69, 9.17) is 0 Å². The number of benzene rings is 1. The molecule has 1 atom stereocenters. The van der Waals surface area contributed by atoms with Crippen LogP contribution in [0.4, 0.5) is 4.39 Å². The number of sulfonamides is 1. The molecule has 1 unspecified atom stereocenters. The van der Waals surface area contributed by atoms with Crippen molar-refractivity contribution in [3.05, 3.63) is 29.6 Å². The van der Waals surface area contributed by atoms with E-state index in [1.165, 1.54) is 16.4 Å². The van der Waals surface area contributed by atoms with Gasteiger partial charge in [-0.25, -0.2) is 12.8 Å².